The van der Waals surface area contributed by atoms with E-state index in [0.717, 1.165) is 14.5 Å². The summed E-state index contributed by atoms with van der Waals surface area (Å²) in [6.45, 7) is 2.03. The molecule has 0 radical (unpaired) electrons. The maximum absolute atomic E-state index is 12.2. The van der Waals surface area contributed by atoms with Crippen LogP contribution >= 0.6 is 31.9 Å². The average Bonchev–Trinajstić information content (AvgIpc) is 2.56. The number of hydrogen-bond acceptors (Lipinski definition) is 6. The van der Waals surface area contributed by atoms with Crippen LogP contribution in [0, 0.1) is 6.92 Å². The van der Waals surface area contributed by atoms with Gasteiger partial charge in [0.25, 0.3) is 0 Å². The van der Waals surface area contributed by atoms with Crippen molar-refractivity contribution in [3.05, 3.63) is 37.9 Å². The van der Waals surface area contributed by atoms with Crippen LogP contribution in [0.25, 0.3) is 0 Å². The van der Waals surface area contributed by atoms with E-state index in [1.807, 2.05) is 19.1 Å². The highest BCUT2D eigenvalue weighted by Crippen LogP contribution is 2.36. The average molecular weight is 449 g/mol. The molecule has 0 saturated heterocycles. The third-order valence-corrected chi connectivity index (χ3v) is 4.84. The number of benzene rings is 1. The molecule has 0 amide bonds. The Morgan fingerprint density at radius 3 is 2.39 bits per heavy atom. The molecule has 1 aliphatic heterocycles. The number of anilines is 1. The second kappa shape index (κ2) is 7.46. The van der Waals surface area contributed by atoms with Crippen LogP contribution in [0.5, 0.6) is 0 Å². The lowest BCUT2D eigenvalue weighted by Gasteiger charge is -2.32. The predicted molar refractivity (Wildman–Crippen MR) is 90.9 cm³/mol. The number of carbonyl (C=O) groups excluding carboxylic acids is 2. The molecular weight excluding hydrogens is 434 g/mol. The maximum atomic E-state index is 12.2. The summed E-state index contributed by atoms with van der Waals surface area (Å²) in [5.41, 5.74) is 1.90. The van der Waals surface area contributed by atoms with Gasteiger partial charge in [-0.15, -0.1) is 0 Å². The van der Waals surface area contributed by atoms with Crippen LogP contribution in [0.2, 0.25) is 0 Å². The fourth-order valence-corrected chi connectivity index (χ4v) is 3.39. The molecule has 1 aliphatic rings. The van der Waals surface area contributed by atoms with Gasteiger partial charge in [0.2, 0.25) is 0 Å². The molecule has 0 saturated carbocycles. The third-order valence-electron chi connectivity index (χ3n) is 3.35. The zero-order valence-corrected chi connectivity index (χ0v) is 16.0. The summed E-state index contributed by atoms with van der Waals surface area (Å²) in [5.74, 6) is -1.25. The van der Waals surface area contributed by atoms with E-state index >= 15 is 0 Å². The summed E-state index contributed by atoms with van der Waals surface area (Å²) >= 11 is 6.92. The highest BCUT2D eigenvalue weighted by atomic mass is 79.9. The molecule has 6 nitrogen and oxygen atoms in total. The van der Waals surface area contributed by atoms with Crippen LogP contribution in [0.3, 0.4) is 0 Å². The molecular formula is C15H15Br2NO5. The Morgan fingerprint density at radius 2 is 1.78 bits per heavy atom. The van der Waals surface area contributed by atoms with E-state index < -0.39 is 11.9 Å². The number of halogens is 2. The summed E-state index contributed by atoms with van der Waals surface area (Å²) < 4.78 is 16.7. The van der Waals surface area contributed by atoms with Crippen molar-refractivity contribution in [2.75, 3.05) is 32.5 Å². The van der Waals surface area contributed by atoms with Crippen molar-refractivity contribution in [1.82, 2.24) is 0 Å². The highest BCUT2D eigenvalue weighted by Gasteiger charge is 2.33. The fraction of sp³-hybridized carbons (Fsp3) is 0.333. The molecule has 0 N–H and O–H groups in total. The molecule has 1 aromatic carbocycles. The first-order valence-corrected chi connectivity index (χ1v) is 8.20. The minimum absolute atomic E-state index is 0.0132. The Labute approximate surface area is 150 Å². The van der Waals surface area contributed by atoms with Gasteiger partial charge >= 0.3 is 11.9 Å². The largest absolute Gasteiger partial charge is 0.466 e. The molecule has 0 bridgehead atoms. The second-order valence-corrected chi connectivity index (χ2v) is 6.48. The minimum Gasteiger partial charge on any atom is -0.466 e. The van der Waals surface area contributed by atoms with Gasteiger partial charge in [-0.2, -0.15) is 0 Å². The number of nitrogens with zero attached hydrogens (tertiary/aromatic N) is 1. The Bertz CT molecular complexity index is 687. The first kappa shape index (κ1) is 18.0. The van der Waals surface area contributed by atoms with Crippen LogP contribution in [-0.4, -0.2) is 39.5 Å². The van der Waals surface area contributed by atoms with E-state index in [4.69, 9.17) is 14.2 Å². The van der Waals surface area contributed by atoms with Gasteiger partial charge in [0.15, 0.2) is 0 Å². The molecule has 0 spiro atoms. The van der Waals surface area contributed by atoms with E-state index in [-0.39, 0.29) is 24.6 Å². The summed E-state index contributed by atoms with van der Waals surface area (Å²) in [6.07, 6.45) is 0. The van der Waals surface area contributed by atoms with Crippen molar-refractivity contribution in [3.8, 4) is 0 Å². The Hall–Kier alpha value is -1.38. The SMILES string of the molecule is COC(=O)C1=C(C(=O)OC)N(c2cc(C)c(Br)cc2Br)COC1. The molecule has 2 rings (SSSR count). The number of methoxy groups -OCH3 is 2. The molecule has 1 heterocycles. The summed E-state index contributed by atoms with van der Waals surface area (Å²) in [5, 5.41) is 0. The Kier molecular flexibility index (Phi) is 5.83. The molecule has 0 aliphatic carbocycles. The highest BCUT2D eigenvalue weighted by molar-refractivity contribution is 9.11. The lowest BCUT2D eigenvalue weighted by molar-refractivity contribution is -0.140. The van der Waals surface area contributed by atoms with Gasteiger partial charge in [-0.3, -0.25) is 0 Å². The number of aryl methyl sites for hydroxylation is 1. The summed E-state index contributed by atoms with van der Waals surface area (Å²) in [4.78, 5) is 25.8. The molecule has 0 atom stereocenters. The van der Waals surface area contributed by atoms with Crippen molar-refractivity contribution in [2.24, 2.45) is 0 Å². The van der Waals surface area contributed by atoms with Gasteiger partial charge in [-0.1, -0.05) is 15.9 Å². The number of ether oxygens (including phenoxy) is 3. The zero-order chi connectivity index (χ0) is 17.1. The zero-order valence-electron chi connectivity index (χ0n) is 12.8. The molecule has 23 heavy (non-hydrogen) atoms. The van der Waals surface area contributed by atoms with E-state index in [1.54, 1.807) is 4.90 Å². The smallest absolute Gasteiger partial charge is 0.355 e. The van der Waals surface area contributed by atoms with Crippen LogP contribution in [0.15, 0.2) is 32.3 Å². The second-order valence-electron chi connectivity index (χ2n) is 4.77. The molecule has 0 aromatic heterocycles. The fourth-order valence-electron chi connectivity index (χ4n) is 2.18. The minimum atomic E-state index is -0.625. The van der Waals surface area contributed by atoms with Crippen molar-refractivity contribution in [3.63, 3.8) is 0 Å². The predicted octanol–water partition coefficient (Wildman–Crippen LogP) is 2.91. The number of rotatable bonds is 3. The van der Waals surface area contributed by atoms with E-state index in [2.05, 4.69) is 31.9 Å². The molecule has 0 fully saturated rings. The van der Waals surface area contributed by atoms with Gasteiger partial charge in [-0.05, 0) is 40.5 Å². The van der Waals surface area contributed by atoms with E-state index in [9.17, 15) is 9.59 Å². The van der Waals surface area contributed by atoms with Crippen LogP contribution in [0.4, 0.5) is 5.69 Å². The Balaban J connectivity index is 2.62. The van der Waals surface area contributed by atoms with Crippen molar-refractivity contribution >= 4 is 49.5 Å². The van der Waals surface area contributed by atoms with Gasteiger partial charge in [-0.25, -0.2) is 9.59 Å². The van der Waals surface area contributed by atoms with Crippen LogP contribution in [-0.2, 0) is 23.8 Å². The van der Waals surface area contributed by atoms with Crippen molar-refractivity contribution in [1.29, 1.82) is 0 Å². The monoisotopic (exact) mass is 447 g/mol. The first-order valence-electron chi connectivity index (χ1n) is 6.61. The lowest BCUT2D eigenvalue weighted by Crippen LogP contribution is -2.39. The summed E-state index contributed by atoms with van der Waals surface area (Å²) in [6, 6.07) is 3.74. The molecule has 0 unspecified atom stereocenters. The van der Waals surface area contributed by atoms with Gasteiger partial charge in [0.05, 0.1) is 32.1 Å². The number of hydrogen-bond donors (Lipinski definition) is 0. The van der Waals surface area contributed by atoms with Gasteiger partial charge in [0, 0.05) is 8.95 Å². The quantitative estimate of drug-likeness (QED) is 0.662. The maximum Gasteiger partial charge on any atom is 0.355 e. The molecule has 124 valence electrons. The van der Waals surface area contributed by atoms with Crippen molar-refractivity contribution in [2.45, 2.75) is 6.92 Å². The van der Waals surface area contributed by atoms with Crippen molar-refractivity contribution < 1.29 is 23.8 Å². The normalized spacial score (nSPS) is 14.7. The van der Waals surface area contributed by atoms with Gasteiger partial charge in [0.1, 0.15) is 12.4 Å². The summed E-state index contributed by atoms with van der Waals surface area (Å²) in [7, 11) is 2.52. The number of esters is 2. The van der Waals surface area contributed by atoms with Crippen LogP contribution in [0.1, 0.15) is 5.56 Å². The first-order chi connectivity index (χ1) is 10.9. The van der Waals surface area contributed by atoms with E-state index in [0.29, 0.717) is 5.69 Å². The lowest BCUT2D eigenvalue weighted by atomic mass is 10.1. The molecule has 1 aromatic rings. The van der Waals surface area contributed by atoms with Gasteiger partial charge < -0.3 is 19.1 Å². The molecule has 8 heteroatoms. The number of carbonyl (C=O) groups is 2. The van der Waals surface area contributed by atoms with Crippen LogP contribution < -0.4 is 4.90 Å². The standard InChI is InChI=1S/C15H15Br2NO5/c1-8-4-12(11(17)5-10(8)16)18-7-23-6-9(14(19)21-2)13(18)15(20)22-3/h4-5H,6-7H2,1-3H3. The Morgan fingerprint density at radius 1 is 1.13 bits per heavy atom. The topological polar surface area (TPSA) is 65.1 Å². The van der Waals surface area contributed by atoms with E-state index in [1.165, 1.54) is 14.2 Å². The third kappa shape index (κ3) is 3.59.